The molecule has 0 aliphatic rings. The van der Waals surface area contributed by atoms with Crippen molar-refractivity contribution >= 4 is 17.6 Å². The van der Waals surface area contributed by atoms with Crippen LogP contribution in [0.25, 0.3) is 0 Å². The minimum atomic E-state index is -1.26. The summed E-state index contributed by atoms with van der Waals surface area (Å²) in [5, 5.41) is 10.9. The van der Waals surface area contributed by atoms with Gasteiger partial charge in [0.25, 0.3) is 0 Å². The van der Waals surface area contributed by atoms with Gasteiger partial charge < -0.3 is 9.84 Å². The van der Waals surface area contributed by atoms with E-state index in [2.05, 4.69) is 0 Å². The van der Waals surface area contributed by atoms with E-state index in [1.807, 2.05) is 0 Å². The van der Waals surface area contributed by atoms with Gasteiger partial charge in [0, 0.05) is 5.02 Å². The zero-order chi connectivity index (χ0) is 14.0. The number of rotatable bonds is 3. The fraction of sp³-hybridized carbons (Fsp3) is 0.500. The van der Waals surface area contributed by atoms with E-state index in [-0.39, 0.29) is 6.42 Å². The van der Waals surface area contributed by atoms with Crippen LogP contribution in [0.3, 0.4) is 0 Å². The second kappa shape index (κ2) is 5.29. The molecule has 0 radical (unpaired) electrons. The monoisotopic (exact) mass is 270 g/mol. The van der Waals surface area contributed by atoms with Gasteiger partial charge in [0.15, 0.2) is 0 Å². The van der Waals surface area contributed by atoms with Crippen LogP contribution in [0, 0.1) is 0 Å². The Morgan fingerprint density at radius 2 is 1.72 bits per heavy atom. The summed E-state index contributed by atoms with van der Waals surface area (Å²) in [4.78, 5) is 11.7. The minimum absolute atomic E-state index is 0.0914. The third-order valence-electron chi connectivity index (χ3n) is 2.37. The summed E-state index contributed by atoms with van der Waals surface area (Å²) >= 11 is 5.78. The van der Waals surface area contributed by atoms with Crippen LogP contribution >= 0.6 is 11.6 Å². The zero-order valence-corrected chi connectivity index (χ0v) is 11.9. The smallest absolute Gasteiger partial charge is 0.309 e. The number of esters is 1. The van der Waals surface area contributed by atoms with Gasteiger partial charge in [0.1, 0.15) is 5.60 Å². The molecule has 0 spiro atoms. The summed E-state index contributed by atoms with van der Waals surface area (Å²) in [5.74, 6) is -0.428. The Balaban J connectivity index is 2.75. The number of carbonyl (C=O) groups is 1. The molecule has 0 saturated heterocycles. The molecule has 0 aliphatic carbocycles. The van der Waals surface area contributed by atoms with Crippen LogP contribution < -0.4 is 0 Å². The molecule has 0 amide bonds. The maximum absolute atomic E-state index is 11.7. The number of hydrogen-bond acceptors (Lipinski definition) is 3. The minimum Gasteiger partial charge on any atom is -0.460 e. The molecule has 0 aromatic heterocycles. The topological polar surface area (TPSA) is 46.5 Å². The van der Waals surface area contributed by atoms with Crippen molar-refractivity contribution in [3.63, 3.8) is 0 Å². The molecule has 1 aromatic rings. The summed E-state index contributed by atoms with van der Waals surface area (Å²) in [6.45, 7) is 6.96. The summed E-state index contributed by atoms with van der Waals surface area (Å²) in [6.07, 6.45) is -0.0914. The van der Waals surface area contributed by atoms with Gasteiger partial charge in [-0.3, -0.25) is 4.79 Å². The second-order valence-corrected chi connectivity index (χ2v) is 5.98. The summed E-state index contributed by atoms with van der Waals surface area (Å²) < 4.78 is 5.19. The van der Waals surface area contributed by atoms with Gasteiger partial charge >= 0.3 is 5.97 Å². The summed E-state index contributed by atoms with van der Waals surface area (Å²) in [5.41, 5.74) is -1.17. The molecule has 0 saturated carbocycles. The molecule has 1 N–H and O–H groups in total. The SMILES string of the molecule is CC(C)(C)OC(=O)C[C@@](C)(O)c1ccc(Cl)cc1. The van der Waals surface area contributed by atoms with E-state index in [9.17, 15) is 9.90 Å². The normalized spacial score (nSPS) is 15.0. The van der Waals surface area contributed by atoms with Gasteiger partial charge in [-0.2, -0.15) is 0 Å². The number of benzene rings is 1. The summed E-state index contributed by atoms with van der Waals surface area (Å²) in [7, 11) is 0. The van der Waals surface area contributed by atoms with Crippen molar-refractivity contribution in [1.82, 2.24) is 0 Å². The van der Waals surface area contributed by atoms with E-state index >= 15 is 0 Å². The van der Waals surface area contributed by atoms with Crippen LogP contribution in [-0.4, -0.2) is 16.7 Å². The first kappa shape index (κ1) is 15.0. The number of hydrogen-bond donors (Lipinski definition) is 1. The summed E-state index contributed by atoms with van der Waals surface area (Å²) in [6, 6.07) is 6.76. The molecule has 4 heteroatoms. The van der Waals surface area contributed by atoms with Crippen LogP contribution in [0.15, 0.2) is 24.3 Å². The number of ether oxygens (including phenoxy) is 1. The third kappa shape index (κ3) is 4.67. The quantitative estimate of drug-likeness (QED) is 0.858. The third-order valence-corrected chi connectivity index (χ3v) is 2.63. The highest BCUT2D eigenvalue weighted by Crippen LogP contribution is 2.27. The van der Waals surface area contributed by atoms with E-state index in [1.165, 1.54) is 0 Å². The van der Waals surface area contributed by atoms with Gasteiger partial charge in [-0.05, 0) is 45.4 Å². The highest BCUT2D eigenvalue weighted by molar-refractivity contribution is 6.30. The predicted octanol–water partition coefficient (Wildman–Crippen LogP) is 3.28. The van der Waals surface area contributed by atoms with Crippen LogP contribution in [-0.2, 0) is 15.1 Å². The highest BCUT2D eigenvalue weighted by Gasteiger charge is 2.29. The molecular weight excluding hydrogens is 252 g/mol. The standard InChI is InChI=1S/C14H19ClO3/c1-13(2,3)18-12(16)9-14(4,17)10-5-7-11(15)8-6-10/h5-8,17H,9H2,1-4H3/t14-/m1/s1. The maximum atomic E-state index is 11.7. The average Bonchev–Trinajstić information content (AvgIpc) is 2.13. The van der Waals surface area contributed by atoms with Gasteiger partial charge in [-0.1, -0.05) is 23.7 Å². The molecule has 0 fully saturated rings. The fourth-order valence-corrected chi connectivity index (χ4v) is 1.70. The molecule has 18 heavy (non-hydrogen) atoms. The Labute approximate surface area is 113 Å². The maximum Gasteiger partial charge on any atom is 0.309 e. The molecule has 3 nitrogen and oxygen atoms in total. The Morgan fingerprint density at radius 3 is 2.17 bits per heavy atom. The molecule has 100 valence electrons. The van der Waals surface area contributed by atoms with E-state index in [1.54, 1.807) is 52.0 Å². The van der Waals surface area contributed by atoms with Crippen molar-refractivity contribution in [3.05, 3.63) is 34.9 Å². The Hall–Kier alpha value is -1.06. The molecule has 0 bridgehead atoms. The zero-order valence-electron chi connectivity index (χ0n) is 11.2. The van der Waals surface area contributed by atoms with Crippen molar-refractivity contribution in [1.29, 1.82) is 0 Å². The van der Waals surface area contributed by atoms with Crippen LogP contribution in [0.5, 0.6) is 0 Å². The molecule has 0 unspecified atom stereocenters. The first-order valence-electron chi connectivity index (χ1n) is 5.80. The first-order valence-corrected chi connectivity index (χ1v) is 6.18. The van der Waals surface area contributed by atoms with Crippen molar-refractivity contribution < 1.29 is 14.6 Å². The molecule has 0 heterocycles. The van der Waals surface area contributed by atoms with Gasteiger partial charge in [0.2, 0.25) is 0 Å². The van der Waals surface area contributed by atoms with Crippen molar-refractivity contribution in [2.45, 2.75) is 45.3 Å². The first-order chi connectivity index (χ1) is 8.10. The van der Waals surface area contributed by atoms with E-state index in [0.29, 0.717) is 10.6 Å². The van der Waals surface area contributed by atoms with E-state index in [4.69, 9.17) is 16.3 Å². The van der Waals surface area contributed by atoms with Crippen molar-refractivity contribution in [2.24, 2.45) is 0 Å². The van der Waals surface area contributed by atoms with Gasteiger partial charge in [-0.25, -0.2) is 0 Å². The Morgan fingerprint density at radius 1 is 1.22 bits per heavy atom. The molecular formula is C14H19ClO3. The molecule has 1 rings (SSSR count). The van der Waals surface area contributed by atoms with Gasteiger partial charge in [-0.15, -0.1) is 0 Å². The second-order valence-electron chi connectivity index (χ2n) is 5.54. The lowest BCUT2D eigenvalue weighted by molar-refractivity contribution is -0.160. The fourth-order valence-electron chi connectivity index (χ4n) is 1.57. The van der Waals surface area contributed by atoms with E-state index < -0.39 is 17.2 Å². The van der Waals surface area contributed by atoms with Crippen LogP contribution in [0.4, 0.5) is 0 Å². The predicted molar refractivity (Wildman–Crippen MR) is 71.5 cm³/mol. The Kier molecular flexibility index (Phi) is 4.41. The van der Waals surface area contributed by atoms with Crippen molar-refractivity contribution in [3.8, 4) is 0 Å². The largest absolute Gasteiger partial charge is 0.460 e. The van der Waals surface area contributed by atoms with Gasteiger partial charge in [0.05, 0.1) is 12.0 Å². The van der Waals surface area contributed by atoms with E-state index in [0.717, 1.165) is 0 Å². The van der Waals surface area contributed by atoms with Crippen molar-refractivity contribution in [2.75, 3.05) is 0 Å². The molecule has 1 aromatic carbocycles. The van der Waals surface area contributed by atoms with Crippen LogP contribution in [0.1, 0.15) is 39.7 Å². The molecule has 0 aliphatic heterocycles. The highest BCUT2D eigenvalue weighted by atomic mass is 35.5. The number of halogens is 1. The Bertz CT molecular complexity index is 416. The lowest BCUT2D eigenvalue weighted by atomic mass is 9.92. The van der Waals surface area contributed by atoms with Crippen LogP contribution in [0.2, 0.25) is 5.02 Å². The molecule has 1 atom stereocenters. The lowest BCUT2D eigenvalue weighted by Crippen LogP contribution is -2.31. The lowest BCUT2D eigenvalue weighted by Gasteiger charge is -2.26. The number of carbonyl (C=O) groups excluding carboxylic acids is 1. The average molecular weight is 271 g/mol. The number of aliphatic hydroxyl groups is 1.